The summed E-state index contributed by atoms with van der Waals surface area (Å²) in [6, 6.07) is 3.41. The molecule has 0 saturated heterocycles. The normalized spacial score (nSPS) is 10.7. The van der Waals surface area contributed by atoms with Crippen LogP contribution in [0.4, 0.5) is 5.82 Å². The maximum atomic E-state index is 12.3. The summed E-state index contributed by atoms with van der Waals surface area (Å²) in [6.07, 6.45) is 3.21. The number of hydrogen-bond acceptors (Lipinski definition) is 4. The topological polar surface area (TPSA) is 79.5 Å². The molecule has 18 heavy (non-hydrogen) atoms. The lowest BCUT2D eigenvalue weighted by atomic mass is 10.1. The third-order valence-electron chi connectivity index (χ3n) is 3.02. The Labute approximate surface area is 108 Å². The molecule has 1 aromatic heterocycles. The lowest BCUT2D eigenvalue weighted by Crippen LogP contribution is -2.41. The summed E-state index contributed by atoms with van der Waals surface area (Å²) in [5, 5.41) is 9.09. The molecular formula is C13H21N3O2. The number of nitrogens with zero attached hydrogens (tertiary/aromatic N) is 2. The van der Waals surface area contributed by atoms with E-state index in [1.165, 1.54) is 6.20 Å². The molecule has 0 radical (unpaired) electrons. The second-order valence-corrected chi connectivity index (χ2v) is 4.16. The van der Waals surface area contributed by atoms with E-state index in [1.807, 2.05) is 13.8 Å². The minimum Gasteiger partial charge on any atom is -0.395 e. The Morgan fingerprint density at radius 1 is 1.44 bits per heavy atom. The van der Waals surface area contributed by atoms with Gasteiger partial charge in [-0.3, -0.25) is 4.79 Å². The smallest absolute Gasteiger partial charge is 0.255 e. The van der Waals surface area contributed by atoms with E-state index in [4.69, 9.17) is 10.8 Å². The van der Waals surface area contributed by atoms with Gasteiger partial charge in [0.15, 0.2) is 0 Å². The second kappa shape index (κ2) is 6.96. The molecule has 1 aromatic rings. The van der Waals surface area contributed by atoms with E-state index in [0.29, 0.717) is 17.9 Å². The molecule has 5 heteroatoms. The fourth-order valence-corrected chi connectivity index (χ4v) is 1.98. The summed E-state index contributed by atoms with van der Waals surface area (Å²) in [4.78, 5) is 18.0. The summed E-state index contributed by atoms with van der Waals surface area (Å²) in [7, 11) is 0. The van der Waals surface area contributed by atoms with Gasteiger partial charge in [0, 0.05) is 18.8 Å². The van der Waals surface area contributed by atoms with Gasteiger partial charge in [0.25, 0.3) is 5.91 Å². The van der Waals surface area contributed by atoms with Crippen LogP contribution in [0.1, 0.15) is 37.0 Å². The van der Waals surface area contributed by atoms with E-state index in [-0.39, 0.29) is 18.6 Å². The van der Waals surface area contributed by atoms with E-state index >= 15 is 0 Å². The Balaban J connectivity index is 2.91. The zero-order valence-electron chi connectivity index (χ0n) is 11.0. The Bertz CT molecular complexity index is 374. The summed E-state index contributed by atoms with van der Waals surface area (Å²) >= 11 is 0. The Kier molecular flexibility index (Phi) is 5.58. The lowest BCUT2D eigenvalue weighted by molar-refractivity contribution is 0.0622. The van der Waals surface area contributed by atoms with E-state index < -0.39 is 0 Å². The van der Waals surface area contributed by atoms with Crippen LogP contribution in [0.25, 0.3) is 0 Å². The minimum atomic E-state index is -0.106. The molecule has 3 N–H and O–H groups in total. The molecule has 0 saturated carbocycles. The van der Waals surface area contributed by atoms with Gasteiger partial charge >= 0.3 is 0 Å². The van der Waals surface area contributed by atoms with Gasteiger partial charge in [-0.2, -0.15) is 0 Å². The van der Waals surface area contributed by atoms with Crippen LogP contribution in [0.5, 0.6) is 0 Å². The number of anilines is 1. The van der Waals surface area contributed by atoms with Crippen molar-refractivity contribution < 1.29 is 9.90 Å². The number of aromatic nitrogens is 1. The largest absolute Gasteiger partial charge is 0.395 e. The fraction of sp³-hybridized carbons (Fsp3) is 0.538. The average Bonchev–Trinajstić information content (AvgIpc) is 2.39. The molecule has 1 amide bonds. The molecule has 0 aliphatic heterocycles. The molecule has 0 atom stereocenters. The molecule has 0 aromatic carbocycles. The maximum absolute atomic E-state index is 12.3. The van der Waals surface area contributed by atoms with Crippen molar-refractivity contribution in [2.75, 3.05) is 18.9 Å². The van der Waals surface area contributed by atoms with Gasteiger partial charge in [0.2, 0.25) is 0 Å². The van der Waals surface area contributed by atoms with Crippen molar-refractivity contribution >= 4 is 11.7 Å². The number of carbonyl (C=O) groups is 1. The first-order valence-corrected chi connectivity index (χ1v) is 6.27. The monoisotopic (exact) mass is 251 g/mol. The number of nitrogens with two attached hydrogens (primary N) is 1. The standard InChI is InChI=1S/C13H21N3O2/c1-3-11(4-2)16(7-8-17)13(18)10-5-6-12(14)15-9-10/h5-6,9,11,17H,3-4,7-8H2,1-2H3,(H2,14,15). The lowest BCUT2D eigenvalue weighted by Gasteiger charge is -2.30. The second-order valence-electron chi connectivity index (χ2n) is 4.16. The number of hydrogen-bond donors (Lipinski definition) is 2. The molecular weight excluding hydrogens is 230 g/mol. The number of pyridine rings is 1. The van der Waals surface area contributed by atoms with Crippen LogP contribution in [-0.4, -0.2) is 40.1 Å². The molecule has 1 rings (SSSR count). The predicted molar refractivity (Wildman–Crippen MR) is 71.1 cm³/mol. The molecule has 0 bridgehead atoms. The molecule has 0 fully saturated rings. The molecule has 1 heterocycles. The SMILES string of the molecule is CCC(CC)N(CCO)C(=O)c1ccc(N)nc1. The van der Waals surface area contributed by atoms with Gasteiger partial charge < -0.3 is 15.7 Å². The zero-order chi connectivity index (χ0) is 13.5. The predicted octanol–water partition coefficient (Wildman–Crippen LogP) is 1.29. The summed E-state index contributed by atoms with van der Waals surface area (Å²) in [5.41, 5.74) is 6.00. The Morgan fingerprint density at radius 3 is 2.56 bits per heavy atom. The van der Waals surface area contributed by atoms with Crippen molar-refractivity contribution in [2.45, 2.75) is 32.7 Å². The van der Waals surface area contributed by atoms with Crippen LogP contribution < -0.4 is 5.73 Å². The molecule has 0 spiro atoms. The van der Waals surface area contributed by atoms with E-state index in [2.05, 4.69) is 4.98 Å². The fourth-order valence-electron chi connectivity index (χ4n) is 1.98. The maximum Gasteiger partial charge on any atom is 0.255 e. The van der Waals surface area contributed by atoms with Gasteiger partial charge in [0.1, 0.15) is 5.82 Å². The van der Waals surface area contributed by atoms with Crippen LogP contribution in [-0.2, 0) is 0 Å². The first-order chi connectivity index (χ1) is 8.63. The van der Waals surface area contributed by atoms with Crippen LogP contribution in [0.3, 0.4) is 0 Å². The number of nitrogen functional groups attached to an aromatic ring is 1. The van der Waals surface area contributed by atoms with Crippen LogP contribution in [0, 0.1) is 0 Å². The van der Waals surface area contributed by atoms with Crippen molar-refractivity contribution in [3.8, 4) is 0 Å². The van der Waals surface area contributed by atoms with E-state index in [1.54, 1.807) is 17.0 Å². The van der Waals surface area contributed by atoms with Gasteiger partial charge in [0.05, 0.1) is 12.2 Å². The molecule has 5 nitrogen and oxygen atoms in total. The first kappa shape index (κ1) is 14.4. The highest BCUT2D eigenvalue weighted by Gasteiger charge is 2.21. The van der Waals surface area contributed by atoms with Crippen molar-refractivity contribution in [3.05, 3.63) is 23.9 Å². The van der Waals surface area contributed by atoms with Crippen molar-refractivity contribution in [1.29, 1.82) is 0 Å². The molecule has 100 valence electrons. The van der Waals surface area contributed by atoms with Gasteiger partial charge in [-0.05, 0) is 25.0 Å². The highest BCUT2D eigenvalue weighted by molar-refractivity contribution is 5.94. The third kappa shape index (κ3) is 3.43. The van der Waals surface area contributed by atoms with Crippen molar-refractivity contribution in [2.24, 2.45) is 0 Å². The van der Waals surface area contributed by atoms with Crippen LogP contribution >= 0.6 is 0 Å². The van der Waals surface area contributed by atoms with Crippen molar-refractivity contribution in [1.82, 2.24) is 9.88 Å². The highest BCUT2D eigenvalue weighted by atomic mass is 16.3. The number of rotatable bonds is 6. The van der Waals surface area contributed by atoms with Crippen molar-refractivity contribution in [3.63, 3.8) is 0 Å². The van der Waals surface area contributed by atoms with Crippen LogP contribution in [0.15, 0.2) is 18.3 Å². The molecule has 0 aliphatic carbocycles. The molecule has 0 aliphatic rings. The first-order valence-electron chi connectivity index (χ1n) is 6.27. The minimum absolute atomic E-state index is 0.0371. The number of carbonyl (C=O) groups excluding carboxylic acids is 1. The van der Waals surface area contributed by atoms with E-state index in [0.717, 1.165) is 12.8 Å². The quantitative estimate of drug-likeness (QED) is 0.798. The van der Waals surface area contributed by atoms with Gasteiger partial charge in [-0.1, -0.05) is 13.8 Å². The zero-order valence-corrected chi connectivity index (χ0v) is 11.0. The number of aliphatic hydroxyl groups excluding tert-OH is 1. The van der Waals surface area contributed by atoms with Gasteiger partial charge in [-0.25, -0.2) is 4.98 Å². The summed E-state index contributed by atoms with van der Waals surface area (Å²) < 4.78 is 0. The summed E-state index contributed by atoms with van der Waals surface area (Å²) in [6.45, 7) is 4.38. The van der Waals surface area contributed by atoms with Gasteiger partial charge in [-0.15, -0.1) is 0 Å². The Hall–Kier alpha value is -1.62. The average molecular weight is 251 g/mol. The Morgan fingerprint density at radius 2 is 2.11 bits per heavy atom. The third-order valence-corrected chi connectivity index (χ3v) is 3.02. The summed E-state index contributed by atoms with van der Waals surface area (Å²) in [5.74, 6) is 0.285. The number of aliphatic hydroxyl groups is 1. The molecule has 0 unspecified atom stereocenters. The van der Waals surface area contributed by atoms with E-state index in [9.17, 15) is 4.79 Å². The number of amides is 1. The van der Waals surface area contributed by atoms with Crippen LogP contribution in [0.2, 0.25) is 0 Å². The highest BCUT2D eigenvalue weighted by Crippen LogP contribution is 2.13.